The van der Waals surface area contributed by atoms with Gasteiger partial charge in [0.05, 0.1) is 5.76 Å². The van der Waals surface area contributed by atoms with Crippen LogP contribution in [-0.4, -0.2) is 8.32 Å². The van der Waals surface area contributed by atoms with Gasteiger partial charge in [0.2, 0.25) is 8.32 Å². The average Bonchev–Trinajstić information content (AvgIpc) is 2.41. The summed E-state index contributed by atoms with van der Waals surface area (Å²) in [4.78, 5) is 0. The van der Waals surface area contributed by atoms with Crippen molar-refractivity contribution in [3.05, 3.63) is 24.5 Å². The molecule has 1 atom stereocenters. The van der Waals surface area contributed by atoms with E-state index in [0.29, 0.717) is 5.92 Å². The molecule has 1 unspecified atom stereocenters. The predicted octanol–water partition coefficient (Wildman–Crippen LogP) is 5.90. The maximum Gasteiger partial charge on any atom is 0.250 e. The van der Waals surface area contributed by atoms with Crippen molar-refractivity contribution in [3.63, 3.8) is 0 Å². The third kappa shape index (κ3) is 5.90. The fourth-order valence-corrected chi connectivity index (χ4v) is 5.04. The lowest BCUT2D eigenvalue weighted by Crippen LogP contribution is -2.35. The van der Waals surface area contributed by atoms with Crippen LogP contribution in [0.4, 0.5) is 0 Å². The summed E-state index contributed by atoms with van der Waals surface area (Å²) in [6.07, 6.45) is 8.02. The highest BCUT2D eigenvalue weighted by Crippen LogP contribution is 2.25. The second-order valence-electron chi connectivity index (χ2n) is 5.16. The second kappa shape index (κ2) is 9.43. The van der Waals surface area contributed by atoms with Crippen molar-refractivity contribution in [1.29, 1.82) is 0 Å². The lowest BCUT2D eigenvalue weighted by Gasteiger charge is -2.29. The monoisotopic (exact) mass is 268 g/mol. The fourth-order valence-electron chi connectivity index (χ4n) is 2.35. The van der Waals surface area contributed by atoms with Crippen molar-refractivity contribution in [1.82, 2.24) is 0 Å². The van der Waals surface area contributed by atoms with Gasteiger partial charge in [-0.2, -0.15) is 0 Å². The van der Waals surface area contributed by atoms with Crippen LogP contribution >= 0.6 is 0 Å². The van der Waals surface area contributed by atoms with Gasteiger partial charge in [0.1, 0.15) is 0 Å². The number of allylic oxidation sites excluding steroid dienone is 3. The Hall–Kier alpha value is -0.503. The molecule has 106 valence electrons. The lowest BCUT2D eigenvalue weighted by molar-refractivity contribution is 0.400. The van der Waals surface area contributed by atoms with Gasteiger partial charge in [-0.1, -0.05) is 46.6 Å². The van der Waals surface area contributed by atoms with Gasteiger partial charge in [-0.3, -0.25) is 0 Å². The highest BCUT2D eigenvalue weighted by molar-refractivity contribution is 6.73. The maximum absolute atomic E-state index is 6.35. The first-order chi connectivity index (χ1) is 8.57. The van der Waals surface area contributed by atoms with Crippen molar-refractivity contribution < 1.29 is 4.43 Å². The molecule has 0 rings (SSSR count). The van der Waals surface area contributed by atoms with Crippen LogP contribution in [-0.2, 0) is 4.43 Å². The Kier molecular flexibility index (Phi) is 9.17. The van der Waals surface area contributed by atoms with E-state index in [1.165, 1.54) is 37.4 Å². The van der Waals surface area contributed by atoms with Crippen LogP contribution < -0.4 is 0 Å². The zero-order valence-corrected chi connectivity index (χ0v) is 14.1. The Labute approximate surface area is 115 Å². The molecule has 2 heteroatoms. The standard InChI is InChI=1S/C16H32OSi/c1-7-12-13-16(8-2)14-15(6)17-18(9-3,10-4)11-5/h8,14,16H,2,7,9-13H2,1,3-6H3/b15-14+. The molecule has 0 bridgehead atoms. The van der Waals surface area contributed by atoms with Crippen molar-refractivity contribution in [2.24, 2.45) is 5.92 Å². The van der Waals surface area contributed by atoms with Crippen LogP contribution in [0.2, 0.25) is 18.1 Å². The van der Waals surface area contributed by atoms with Crippen molar-refractivity contribution >= 4 is 8.32 Å². The Morgan fingerprint density at radius 2 is 1.72 bits per heavy atom. The van der Waals surface area contributed by atoms with Gasteiger partial charge in [-0.05, 0) is 43.5 Å². The van der Waals surface area contributed by atoms with Crippen LogP contribution in [0.25, 0.3) is 0 Å². The summed E-state index contributed by atoms with van der Waals surface area (Å²) >= 11 is 0. The molecule has 0 saturated carbocycles. The van der Waals surface area contributed by atoms with Gasteiger partial charge in [-0.25, -0.2) is 0 Å². The summed E-state index contributed by atoms with van der Waals surface area (Å²) < 4.78 is 6.35. The zero-order chi connectivity index (χ0) is 14.0. The molecule has 0 aliphatic heterocycles. The minimum atomic E-state index is -1.49. The van der Waals surface area contributed by atoms with E-state index in [0.717, 1.165) is 5.76 Å². The van der Waals surface area contributed by atoms with Gasteiger partial charge in [-0.15, -0.1) is 6.58 Å². The van der Waals surface area contributed by atoms with Crippen LogP contribution in [0.5, 0.6) is 0 Å². The van der Waals surface area contributed by atoms with E-state index in [2.05, 4.69) is 53.3 Å². The van der Waals surface area contributed by atoms with E-state index in [4.69, 9.17) is 4.43 Å². The first-order valence-electron chi connectivity index (χ1n) is 7.57. The average molecular weight is 269 g/mol. The Bertz CT molecular complexity index is 246. The molecular formula is C16H32OSi. The molecule has 0 saturated heterocycles. The van der Waals surface area contributed by atoms with E-state index in [1.54, 1.807) is 0 Å². The minimum absolute atomic E-state index is 0.474. The van der Waals surface area contributed by atoms with Gasteiger partial charge >= 0.3 is 0 Å². The van der Waals surface area contributed by atoms with Crippen LogP contribution in [0.3, 0.4) is 0 Å². The van der Waals surface area contributed by atoms with Gasteiger partial charge in [0.25, 0.3) is 0 Å². The van der Waals surface area contributed by atoms with Crippen LogP contribution in [0.15, 0.2) is 24.5 Å². The highest BCUT2D eigenvalue weighted by Gasteiger charge is 2.30. The molecule has 0 aromatic carbocycles. The van der Waals surface area contributed by atoms with Crippen LogP contribution in [0, 0.1) is 5.92 Å². The Balaban J connectivity index is 4.59. The third-order valence-corrected chi connectivity index (χ3v) is 8.57. The normalized spacial score (nSPS) is 14.4. The lowest BCUT2D eigenvalue weighted by atomic mass is 10.0. The van der Waals surface area contributed by atoms with E-state index in [9.17, 15) is 0 Å². The first kappa shape index (κ1) is 17.5. The maximum atomic E-state index is 6.35. The molecule has 0 aliphatic rings. The zero-order valence-electron chi connectivity index (χ0n) is 13.1. The predicted molar refractivity (Wildman–Crippen MR) is 85.3 cm³/mol. The summed E-state index contributed by atoms with van der Waals surface area (Å²) in [5, 5.41) is 0. The molecule has 0 fully saturated rings. The number of hydrogen-bond donors (Lipinski definition) is 0. The van der Waals surface area contributed by atoms with Crippen LogP contribution in [0.1, 0.15) is 53.9 Å². The first-order valence-corrected chi connectivity index (χ1v) is 10.1. The smallest absolute Gasteiger partial charge is 0.250 e. The van der Waals surface area contributed by atoms with Crippen molar-refractivity contribution in [2.75, 3.05) is 0 Å². The molecule has 1 nitrogen and oxygen atoms in total. The second-order valence-corrected chi connectivity index (χ2v) is 9.86. The summed E-state index contributed by atoms with van der Waals surface area (Å²) in [5.74, 6) is 1.59. The van der Waals surface area contributed by atoms with E-state index < -0.39 is 8.32 Å². The van der Waals surface area contributed by atoms with E-state index in [1.807, 2.05) is 0 Å². The molecule has 0 heterocycles. The van der Waals surface area contributed by atoms with Crippen molar-refractivity contribution in [3.8, 4) is 0 Å². The SMILES string of the molecule is C=CC(/C=C(\C)O[Si](CC)(CC)CC)CCCC. The highest BCUT2D eigenvalue weighted by atomic mass is 28.4. The molecule has 18 heavy (non-hydrogen) atoms. The number of hydrogen-bond acceptors (Lipinski definition) is 1. The van der Waals surface area contributed by atoms with Gasteiger partial charge < -0.3 is 4.43 Å². The largest absolute Gasteiger partial charge is 0.547 e. The molecule has 0 amide bonds. The van der Waals surface area contributed by atoms with Crippen molar-refractivity contribution in [2.45, 2.75) is 72.0 Å². The molecular weight excluding hydrogens is 236 g/mol. The molecule has 0 radical (unpaired) electrons. The summed E-state index contributed by atoms with van der Waals surface area (Å²) in [7, 11) is -1.49. The third-order valence-electron chi connectivity index (χ3n) is 3.95. The topological polar surface area (TPSA) is 9.23 Å². The Morgan fingerprint density at radius 1 is 1.17 bits per heavy atom. The molecule has 0 spiro atoms. The summed E-state index contributed by atoms with van der Waals surface area (Å²) in [6, 6.07) is 3.62. The van der Waals surface area contributed by atoms with E-state index in [-0.39, 0.29) is 0 Å². The Morgan fingerprint density at radius 3 is 2.11 bits per heavy atom. The summed E-state index contributed by atoms with van der Waals surface area (Å²) in [5.41, 5.74) is 0. The van der Waals surface area contributed by atoms with E-state index >= 15 is 0 Å². The van der Waals surface area contributed by atoms with Gasteiger partial charge in [0, 0.05) is 0 Å². The summed E-state index contributed by atoms with van der Waals surface area (Å²) in [6.45, 7) is 15.1. The molecule has 0 N–H and O–H groups in total. The minimum Gasteiger partial charge on any atom is -0.547 e. The molecule has 0 aromatic heterocycles. The fraction of sp³-hybridized carbons (Fsp3) is 0.750. The number of unbranched alkanes of at least 4 members (excludes halogenated alkanes) is 1. The molecule has 0 aromatic rings. The quantitative estimate of drug-likeness (QED) is 0.272. The number of rotatable bonds is 10. The van der Waals surface area contributed by atoms with Gasteiger partial charge in [0.15, 0.2) is 0 Å². The molecule has 0 aliphatic carbocycles.